The standard InChI is InChI=1S/C56H70S4/c1-5-7-9-11-13-15-17-19-21-23-29-43-39-41(3)57-55(43)51-37-35-49(58-51)50-36-38-52(59-50)56-44(30-24-22-20-18-16-14-12-10-8-6-2)40-53(60-56)54-47-33-27-25-31-45(47)42(4)46-32-26-28-34-48(46)54/h25-28,31-40H,5-24,29-30H2,1-4H3. The Bertz CT molecular complexity index is 2300. The van der Waals surface area contributed by atoms with Crippen molar-refractivity contribution in [3.8, 4) is 39.7 Å². The first kappa shape index (κ1) is 45.0. The van der Waals surface area contributed by atoms with E-state index in [1.165, 1.54) is 212 Å². The molecule has 7 aromatic rings. The minimum atomic E-state index is 1.15. The fourth-order valence-electron chi connectivity index (χ4n) is 9.31. The van der Waals surface area contributed by atoms with Crippen molar-refractivity contribution in [1.29, 1.82) is 0 Å². The van der Waals surface area contributed by atoms with Crippen LogP contribution < -0.4 is 0 Å². The predicted octanol–water partition coefficient (Wildman–Crippen LogP) is 20.5. The number of unbranched alkanes of at least 4 members (excludes halogenated alkanes) is 18. The number of hydrogen-bond acceptors (Lipinski definition) is 4. The van der Waals surface area contributed by atoms with Gasteiger partial charge in [0.1, 0.15) is 0 Å². The second kappa shape index (κ2) is 23.4. The summed E-state index contributed by atoms with van der Waals surface area (Å²) in [6, 6.07) is 32.9. The van der Waals surface area contributed by atoms with E-state index in [9.17, 15) is 0 Å². The Morgan fingerprint density at radius 2 is 0.733 bits per heavy atom. The lowest BCUT2D eigenvalue weighted by Gasteiger charge is -2.13. The van der Waals surface area contributed by atoms with E-state index in [1.54, 1.807) is 5.56 Å². The molecule has 0 aliphatic rings. The Kier molecular flexibility index (Phi) is 17.6. The molecule has 0 bridgehead atoms. The highest BCUT2D eigenvalue weighted by molar-refractivity contribution is 7.29. The van der Waals surface area contributed by atoms with E-state index >= 15 is 0 Å². The molecule has 0 radical (unpaired) electrons. The molecule has 0 amide bonds. The lowest BCUT2D eigenvalue weighted by atomic mass is 9.91. The lowest BCUT2D eigenvalue weighted by molar-refractivity contribution is 0.556. The van der Waals surface area contributed by atoms with Gasteiger partial charge in [0.2, 0.25) is 0 Å². The molecule has 318 valence electrons. The number of hydrogen-bond donors (Lipinski definition) is 0. The average molecular weight is 871 g/mol. The first-order valence-electron chi connectivity index (χ1n) is 23.9. The normalized spacial score (nSPS) is 11.8. The van der Waals surface area contributed by atoms with Crippen molar-refractivity contribution in [2.24, 2.45) is 0 Å². The van der Waals surface area contributed by atoms with E-state index in [2.05, 4.69) is 113 Å². The van der Waals surface area contributed by atoms with Crippen LogP contribution >= 0.6 is 45.3 Å². The lowest BCUT2D eigenvalue weighted by Crippen LogP contribution is -1.88. The van der Waals surface area contributed by atoms with E-state index in [1.807, 2.05) is 45.3 Å². The monoisotopic (exact) mass is 870 g/mol. The Morgan fingerprint density at radius 1 is 0.350 bits per heavy atom. The zero-order valence-corrected chi connectivity index (χ0v) is 40.5. The number of aryl methyl sites for hydroxylation is 4. The molecule has 0 fully saturated rings. The van der Waals surface area contributed by atoms with Gasteiger partial charge in [-0.1, -0.05) is 178 Å². The van der Waals surface area contributed by atoms with Gasteiger partial charge in [-0.2, -0.15) is 0 Å². The number of rotatable bonds is 26. The van der Waals surface area contributed by atoms with Gasteiger partial charge in [-0.05, 0) is 114 Å². The Morgan fingerprint density at radius 3 is 1.20 bits per heavy atom. The van der Waals surface area contributed by atoms with Crippen molar-refractivity contribution in [3.05, 3.63) is 106 Å². The molecule has 0 spiro atoms. The van der Waals surface area contributed by atoms with E-state index in [-0.39, 0.29) is 0 Å². The van der Waals surface area contributed by atoms with Gasteiger partial charge in [0.25, 0.3) is 0 Å². The van der Waals surface area contributed by atoms with Gasteiger partial charge in [0.05, 0.1) is 0 Å². The highest BCUT2D eigenvalue weighted by atomic mass is 32.1. The minimum Gasteiger partial charge on any atom is -0.139 e. The molecule has 0 N–H and O–H groups in total. The van der Waals surface area contributed by atoms with Gasteiger partial charge < -0.3 is 0 Å². The molecular weight excluding hydrogens is 801 g/mol. The van der Waals surface area contributed by atoms with Crippen molar-refractivity contribution in [1.82, 2.24) is 0 Å². The van der Waals surface area contributed by atoms with Gasteiger partial charge in [0.15, 0.2) is 0 Å². The summed E-state index contributed by atoms with van der Waals surface area (Å²) in [6.07, 6.45) is 30.0. The van der Waals surface area contributed by atoms with Gasteiger partial charge in [-0.15, -0.1) is 45.3 Å². The van der Waals surface area contributed by atoms with Crippen molar-refractivity contribution in [2.75, 3.05) is 0 Å². The Labute approximate surface area is 379 Å². The van der Waals surface area contributed by atoms with Gasteiger partial charge in [0, 0.05) is 44.6 Å². The molecule has 3 aromatic carbocycles. The fourth-order valence-corrected chi connectivity index (χ4v) is 14.1. The minimum absolute atomic E-state index is 1.15. The summed E-state index contributed by atoms with van der Waals surface area (Å²) in [5.41, 5.74) is 5.89. The van der Waals surface area contributed by atoms with Crippen LogP contribution in [0.5, 0.6) is 0 Å². The zero-order chi connectivity index (χ0) is 41.5. The summed E-state index contributed by atoms with van der Waals surface area (Å²) in [6.45, 7) is 9.21. The van der Waals surface area contributed by atoms with Crippen LogP contribution in [0.25, 0.3) is 61.2 Å². The third-order valence-corrected chi connectivity index (χ3v) is 17.7. The molecular formula is C56H70S4. The summed E-state index contributed by atoms with van der Waals surface area (Å²) in [7, 11) is 0. The van der Waals surface area contributed by atoms with E-state index in [4.69, 9.17) is 0 Å². The summed E-state index contributed by atoms with van der Waals surface area (Å²) in [4.78, 5) is 11.5. The van der Waals surface area contributed by atoms with Crippen molar-refractivity contribution < 1.29 is 0 Å². The molecule has 0 aliphatic carbocycles. The van der Waals surface area contributed by atoms with Crippen LogP contribution in [0, 0.1) is 13.8 Å². The second-order valence-corrected chi connectivity index (χ2v) is 21.9. The van der Waals surface area contributed by atoms with Crippen LogP contribution in [-0.4, -0.2) is 0 Å². The maximum absolute atomic E-state index is 2.58. The highest BCUT2D eigenvalue weighted by Gasteiger charge is 2.20. The Hall–Kier alpha value is -3.02. The maximum Gasteiger partial charge on any atom is 0.0481 e. The van der Waals surface area contributed by atoms with E-state index in [0.29, 0.717) is 0 Å². The van der Waals surface area contributed by atoms with Crippen LogP contribution in [0.4, 0.5) is 0 Å². The quantitative estimate of drug-likeness (QED) is 0.0376. The molecule has 4 heteroatoms. The first-order chi connectivity index (χ1) is 29.6. The smallest absolute Gasteiger partial charge is 0.0481 e. The summed E-state index contributed by atoms with van der Waals surface area (Å²) >= 11 is 8.02. The van der Waals surface area contributed by atoms with Crippen LogP contribution in [-0.2, 0) is 12.8 Å². The van der Waals surface area contributed by atoms with Gasteiger partial charge >= 0.3 is 0 Å². The van der Waals surface area contributed by atoms with E-state index < -0.39 is 0 Å². The Balaban J connectivity index is 1.08. The number of thiophene rings is 4. The zero-order valence-electron chi connectivity index (χ0n) is 37.3. The second-order valence-electron chi connectivity index (χ2n) is 17.5. The maximum atomic E-state index is 2.58. The topological polar surface area (TPSA) is 0 Å². The molecule has 60 heavy (non-hydrogen) atoms. The van der Waals surface area contributed by atoms with Crippen LogP contribution in [0.1, 0.15) is 164 Å². The van der Waals surface area contributed by atoms with Gasteiger partial charge in [-0.25, -0.2) is 0 Å². The molecule has 0 nitrogen and oxygen atoms in total. The number of fused-ring (bicyclic) bond motifs is 2. The van der Waals surface area contributed by atoms with Crippen LogP contribution in [0.2, 0.25) is 0 Å². The van der Waals surface area contributed by atoms with Crippen molar-refractivity contribution in [2.45, 2.75) is 169 Å². The molecule has 0 atom stereocenters. The largest absolute Gasteiger partial charge is 0.139 e. The SMILES string of the molecule is CCCCCCCCCCCCc1cc(C)sc1-c1ccc(-c2ccc(-c3sc(-c4c5ccccc5c(C)c5ccccc45)cc3CCCCCCCCCCCC)s2)s1. The molecule has 7 rings (SSSR count). The van der Waals surface area contributed by atoms with Gasteiger partial charge in [-0.3, -0.25) is 0 Å². The predicted molar refractivity (Wildman–Crippen MR) is 275 cm³/mol. The molecule has 0 saturated heterocycles. The first-order valence-corrected chi connectivity index (χ1v) is 27.2. The highest BCUT2D eigenvalue weighted by Crippen LogP contribution is 2.49. The summed E-state index contributed by atoms with van der Waals surface area (Å²) < 4.78 is 0. The van der Waals surface area contributed by atoms with Crippen LogP contribution in [0.3, 0.4) is 0 Å². The summed E-state index contributed by atoms with van der Waals surface area (Å²) in [5, 5.41) is 5.50. The third-order valence-electron chi connectivity index (χ3n) is 12.7. The molecule has 0 unspecified atom stereocenters. The molecule has 4 heterocycles. The molecule has 0 aliphatic heterocycles. The molecule has 4 aromatic heterocycles. The van der Waals surface area contributed by atoms with Crippen molar-refractivity contribution >= 4 is 66.9 Å². The third kappa shape index (κ3) is 11.7. The average Bonchev–Trinajstić information content (AvgIpc) is 4.09. The van der Waals surface area contributed by atoms with Crippen molar-refractivity contribution in [3.63, 3.8) is 0 Å². The molecule has 0 saturated carbocycles. The number of benzene rings is 3. The summed E-state index contributed by atoms with van der Waals surface area (Å²) in [5.74, 6) is 0. The van der Waals surface area contributed by atoms with Crippen LogP contribution in [0.15, 0.2) is 84.9 Å². The fraction of sp³-hybridized carbons (Fsp3) is 0.464. The van der Waals surface area contributed by atoms with E-state index in [0.717, 1.165) is 6.42 Å².